The lowest BCUT2D eigenvalue weighted by atomic mass is 10.1. The average molecular weight is 275 g/mol. The number of rotatable bonds is 5. The predicted molar refractivity (Wildman–Crippen MR) is 73.0 cm³/mol. The van der Waals surface area contributed by atoms with Crippen molar-refractivity contribution in [2.45, 2.75) is 6.54 Å². The van der Waals surface area contributed by atoms with Crippen molar-refractivity contribution < 1.29 is 13.9 Å². The van der Waals surface area contributed by atoms with Gasteiger partial charge in [-0.15, -0.1) is 0 Å². The van der Waals surface area contributed by atoms with Crippen LogP contribution in [-0.4, -0.2) is 18.0 Å². The van der Waals surface area contributed by atoms with Crippen LogP contribution < -0.4 is 15.8 Å². The Morgan fingerprint density at radius 3 is 2.80 bits per heavy atom. The molecule has 0 spiro atoms. The highest BCUT2D eigenvalue weighted by atomic mass is 19.1. The van der Waals surface area contributed by atoms with Crippen molar-refractivity contribution in [3.8, 4) is 5.88 Å². The van der Waals surface area contributed by atoms with Gasteiger partial charge < -0.3 is 15.8 Å². The molecule has 20 heavy (non-hydrogen) atoms. The van der Waals surface area contributed by atoms with E-state index in [1.807, 2.05) is 6.07 Å². The summed E-state index contributed by atoms with van der Waals surface area (Å²) in [5.74, 6) is -0.536. The van der Waals surface area contributed by atoms with Crippen LogP contribution in [0.3, 0.4) is 0 Å². The molecule has 0 saturated carbocycles. The van der Waals surface area contributed by atoms with E-state index in [1.54, 1.807) is 12.3 Å². The van der Waals surface area contributed by atoms with Crippen LogP contribution in [0, 0.1) is 5.82 Å². The quantitative estimate of drug-likeness (QED) is 0.874. The van der Waals surface area contributed by atoms with Crippen molar-refractivity contribution in [3.05, 3.63) is 53.5 Å². The SMILES string of the molecule is COc1ccc(CNc2cc(C(N)=O)ccc2F)cn1. The molecule has 0 atom stereocenters. The zero-order valence-corrected chi connectivity index (χ0v) is 10.9. The largest absolute Gasteiger partial charge is 0.481 e. The van der Waals surface area contributed by atoms with E-state index < -0.39 is 11.7 Å². The van der Waals surface area contributed by atoms with Gasteiger partial charge in [0.2, 0.25) is 11.8 Å². The highest BCUT2D eigenvalue weighted by Gasteiger charge is 2.07. The van der Waals surface area contributed by atoms with Gasteiger partial charge in [-0.25, -0.2) is 9.37 Å². The van der Waals surface area contributed by atoms with Gasteiger partial charge in [-0.05, 0) is 23.8 Å². The van der Waals surface area contributed by atoms with Gasteiger partial charge in [0.05, 0.1) is 12.8 Å². The number of pyridine rings is 1. The molecule has 1 aromatic heterocycles. The summed E-state index contributed by atoms with van der Waals surface area (Å²) in [5.41, 5.74) is 6.49. The van der Waals surface area contributed by atoms with Crippen LogP contribution in [0.2, 0.25) is 0 Å². The molecule has 0 aliphatic heterocycles. The number of nitrogens with one attached hydrogen (secondary N) is 1. The molecule has 2 aromatic rings. The summed E-state index contributed by atoms with van der Waals surface area (Å²) in [7, 11) is 1.53. The van der Waals surface area contributed by atoms with Crippen molar-refractivity contribution in [2.75, 3.05) is 12.4 Å². The van der Waals surface area contributed by atoms with Crippen molar-refractivity contribution in [1.82, 2.24) is 4.98 Å². The fourth-order valence-electron chi connectivity index (χ4n) is 1.65. The zero-order valence-electron chi connectivity index (χ0n) is 10.9. The maximum Gasteiger partial charge on any atom is 0.248 e. The molecule has 0 unspecified atom stereocenters. The second-order valence-corrected chi connectivity index (χ2v) is 4.12. The van der Waals surface area contributed by atoms with Crippen molar-refractivity contribution in [1.29, 1.82) is 0 Å². The molecule has 1 aromatic carbocycles. The third-order valence-electron chi connectivity index (χ3n) is 2.74. The minimum absolute atomic E-state index is 0.220. The maximum atomic E-state index is 13.6. The minimum atomic E-state index is -0.598. The van der Waals surface area contributed by atoms with Gasteiger partial charge in [0.25, 0.3) is 0 Å². The van der Waals surface area contributed by atoms with Gasteiger partial charge in [0.1, 0.15) is 5.82 Å². The molecule has 3 N–H and O–H groups in total. The number of halogens is 1. The number of nitrogens with zero attached hydrogens (tertiary/aromatic N) is 1. The van der Waals surface area contributed by atoms with Crippen molar-refractivity contribution in [3.63, 3.8) is 0 Å². The van der Waals surface area contributed by atoms with Gasteiger partial charge in [-0.1, -0.05) is 6.07 Å². The molecular formula is C14H14FN3O2. The number of hydrogen-bond acceptors (Lipinski definition) is 4. The molecule has 5 nitrogen and oxygen atoms in total. The summed E-state index contributed by atoms with van der Waals surface area (Å²) in [6, 6.07) is 7.46. The Labute approximate surface area is 115 Å². The van der Waals surface area contributed by atoms with Crippen LogP contribution in [0.15, 0.2) is 36.5 Å². The first-order valence-corrected chi connectivity index (χ1v) is 5.92. The fraction of sp³-hybridized carbons (Fsp3) is 0.143. The first-order chi connectivity index (χ1) is 9.60. The Kier molecular flexibility index (Phi) is 4.14. The Bertz CT molecular complexity index is 614. The number of methoxy groups -OCH3 is 1. The lowest BCUT2D eigenvalue weighted by Gasteiger charge is -2.09. The van der Waals surface area contributed by atoms with E-state index in [0.29, 0.717) is 12.4 Å². The smallest absolute Gasteiger partial charge is 0.248 e. The molecule has 0 bridgehead atoms. The van der Waals surface area contributed by atoms with E-state index in [1.165, 1.54) is 25.3 Å². The maximum absolute atomic E-state index is 13.6. The molecule has 0 radical (unpaired) electrons. The molecule has 0 aliphatic carbocycles. The second-order valence-electron chi connectivity index (χ2n) is 4.12. The van der Waals surface area contributed by atoms with E-state index in [-0.39, 0.29) is 11.3 Å². The topological polar surface area (TPSA) is 77.2 Å². The molecule has 2 rings (SSSR count). The van der Waals surface area contributed by atoms with Crippen LogP contribution in [0.1, 0.15) is 15.9 Å². The summed E-state index contributed by atoms with van der Waals surface area (Å²) < 4.78 is 18.6. The van der Waals surface area contributed by atoms with Crippen molar-refractivity contribution >= 4 is 11.6 Å². The van der Waals surface area contributed by atoms with Crippen LogP contribution in [0.5, 0.6) is 5.88 Å². The normalized spacial score (nSPS) is 10.1. The number of benzene rings is 1. The molecule has 6 heteroatoms. The molecule has 1 heterocycles. The van der Waals surface area contributed by atoms with Crippen molar-refractivity contribution in [2.24, 2.45) is 5.73 Å². The number of nitrogens with two attached hydrogens (primary N) is 1. The molecule has 0 aliphatic rings. The van der Waals surface area contributed by atoms with Crippen LogP contribution in [-0.2, 0) is 6.54 Å². The molecular weight excluding hydrogens is 261 g/mol. The van der Waals surface area contributed by atoms with Gasteiger partial charge in [-0.2, -0.15) is 0 Å². The van der Waals surface area contributed by atoms with Gasteiger partial charge >= 0.3 is 0 Å². The van der Waals surface area contributed by atoms with E-state index in [4.69, 9.17) is 10.5 Å². The number of carbonyl (C=O) groups excluding carboxylic acids is 1. The summed E-state index contributed by atoms with van der Waals surface area (Å²) in [5, 5.41) is 2.90. The van der Waals surface area contributed by atoms with Gasteiger partial charge in [0, 0.05) is 24.4 Å². The van der Waals surface area contributed by atoms with Gasteiger partial charge in [0.15, 0.2) is 0 Å². The number of primary amides is 1. The lowest BCUT2D eigenvalue weighted by molar-refractivity contribution is 0.100. The summed E-state index contributed by atoms with van der Waals surface area (Å²) >= 11 is 0. The summed E-state index contributed by atoms with van der Waals surface area (Å²) in [6.45, 7) is 0.371. The first-order valence-electron chi connectivity index (χ1n) is 5.92. The summed E-state index contributed by atoms with van der Waals surface area (Å²) in [4.78, 5) is 15.1. The Morgan fingerprint density at radius 2 is 2.20 bits per heavy atom. The van der Waals surface area contributed by atoms with E-state index in [2.05, 4.69) is 10.3 Å². The number of anilines is 1. The standard InChI is InChI=1S/C14H14FN3O2/c1-20-13-5-2-9(8-18-13)7-17-12-6-10(14(16)19)3-4-11(12)15/h2-6,8,17H,7H2,1H3,(H2,16,19). The lowest BCUT2D eigenvalue weighted by Crippen LogP contribution is -2.12. The minimum Gasteiger partial charge on any atom is -0.481 e. The summed E-state index contributed by atoms with van der Waals surface area (Å²) in [6.07, 6.45) is 1.63. The van der Waals surface area contributed by atoms with E-state index in [9.17, 15) is 9.18 Å². The number of amides is 1. The fourth-order valence-corrected chi connectivity index (χ4v) is 1.65. The number of aromatic nitrogens is 1. The molecule has 104 valence electrons. The van der Waals surface area contributed by atoms with Gasteiger partial charge in [-0.3, -0.25) is 4.79 Å². The molecule has 0 fully saturated rings. The monoisotopic (exact) mass is 275 g/mol. The van der Waals surface area contributed by atoms with E-state index >= 15 is 0 Å². The molecule has 1 amide bonds. The zero-order chi connectivity index (χ0) is 14.5. The Morgan fingerprint density at radius 1 is 1.40 bits per heavy atom. The third kappa shape index (κ3) is 3.23. The first kappa shape index (κ1) is 13.8. The van der Waals surface area contributed by atoms with Crippen LogP contribution >= 0.6 is 0 Å². The Hall–Kier alpha value is -2.63. The number of carbonyl (C=O) groups is 1. The Balaban J connectivity index is 2.09. The average Bonchev–Trinajstić information content (AvgIpc) is 2.46. The van der Waals surface area contributed by atoms with E-state index in [0.717, 1.165) is 5.56 Å². The number of hydrogen-bond donors (Lipinski definition) is 2. The van der Waals surface area contributed by atoms with Crippen LogP contribution in [0.4, 0.5) is 10.1 Å². The highest BCUT2D eigenvalue weighted by Crippen LogP contribution is 2.17. The third-order valence-corrected chi connectivity index (χ3v) is 2.74. The predicted octanol–water partition coefficient (Wildman–Crippen LogP) is 1.94. The number of ether oxygens (including phenoxy) is 1. The highest BCUT2D eigenvalue weighted by molar-refractivity contribution is 5.93. The molecule has 0 saturated heterocycles. The second kappa shape index (κ2) is 6.01. The van der Waals surface area contributed by atoms with Crippen LogP contribution in [0.25, 0.3) is 0 Å².